The lowest BCUT2D eigenvalue weighted by Gasteiger charge is -2.02. The third-order valence-electron chi connectivity index (χ3n) is 1.10. The first-order chi connectivity index (χ1) is 7.09. The predicted molar refractivity (Wildman–Crippen MR) is 72.2 cm³/mol. The Bertz CT molecular complexity index is 145. The maximum Gasteiger partial charge on any atom is 0.175 e. The van der Waals surface area contributed by atoms with Gasteiger partial charge in [-0.3, -0.25) is 4.79 Å². The Morgan fingerprint density at radius 2 is 1.07 bits per heavy atom. The third-order valence-corrected chi connectivity index (χ3v) is 1.10. The van der Waals surface area contributed by atoms with E-state index in [1.54, 1.807) is 14.0 Å². The summed E-state index contributed by atoms with van der Waals surface area (Å²) in [6.07, 6.45) is 0. The van der Waals surface area contributed by atoms with E-state index in [1.165, 1.54) is 0 Å². The van der Waals surface area contributed by atoms with E-state index in [0.717, 1.165) is 11.3 Å². The van der Waals surface area contributed by atoms with Crippen molar-refractivity contribution in [1.29, 1.82) is 0 Å². The zero-order valence-electron chi connectivity index (χ0n) is 12.4. The number of ketones is 1. The smallest absolute Gasteiger partial charge is 0.175 e. The number of nitrogens with one attached hydrogen (secondary N) is 1. The quantitative estimate of drug-likeness (QED) is 0.703. The van der Waals surface area contributed by atoms with Crippen LogP contribution in [0.25, 0.3) is 0 Å². The largest absolute Gasteiger partial charge is 0.385 e. The fourth-order valence-corrected chi connectivity index (χ4v) is 0.778. The first-order valence-corrected chi connectivity index (χ1v) is 5.95. The number of hydrogen-bond acceptors (Lipinski definition) is 2. The predicted octanol–water partition coefficient (Wildman–Crippen LogP) is 4.17. The lowest BCUT2D eigenvalue weighted by molar-refractivity contribution is -0.113. The van der Waals surface area contributed by atoms with Gasteiger partial charge in [-0.25, -0.2) is 0 Å². The molecule has 0 unspecified atom stereocenters. The van der Waals surface area contributed by atoms with Gasteiger partial charge in [0.15, 0.2) is 5.78 Å². The van der Waals surface area contributed by atoms with Crippen LogP contribution in [0.2, 0.25) is 0 Å². The molecule has 0 aliphatic carbocycles. The van der Waals surface area contributed by atoms with Gasteiger partial charge in [-0.2, -0.15) is 0 Å². The summed E-state index contributed by atoms with van der Waals surface area (Å²) in [6, 6.07) is 0. The number of rotatable bonds is 2. The zero-order chi connectivity index (χ0) is 13.4. The van der Waals surface area contributed by atoms with E-state index in [1.807, 2.05) is 55.4 Å². The lowest BCUT2D eigenvalue weighted by Crippen LogP contribution is -2.14. The molecule has 0 radical (unpaired) electrons. The highest BCUT2D eigenvalue weighted by atomic mass is 16.1. The minimum Gasteiger partial charge on any atom is -0.385 e. The van der Waals surface area contributed by atoms with Gasteiger partial charge in [-0.15, -0.1) is 0 Å². The van der Waals surface area contributed by atoms with Crippen LogP contribution in [0.3, 0.4) is 0 Å². The van der Waals surface area contributed by atoms with E-state index in [4.69, 9.17) is 0 Å². The molecular formula is C13H31NO. The maximum atomic E-state index is 10.7. The van der Waals surface area contributed by atoms with Gasteiger partial charge < -0.3 is 5.32 Å². The van der Waals surface area contributed by atoms with Crippen LogP contribution in [0.5, 0.6) is 0 Å². The first kappa shape index (κ1) is 23.8. The van der Waals surface area contributed by atoms with Gasteiger partial charge in [0, 0.05) is 14.0 Å². The van der Waals surface area contributed by atoms with Crippen molar-refractivity contribution < 1.29 is 4.79 Å². The van der Waals surface area contributed by atoms with Crippen molar-refractivity contribution in [1.82, 2.24) is 5.32 Å². The molecule has 0 aliphatic heterocycles. The number of carbonyl (C=O) groups excluding carboxylic acids is 1. The van der Waals surface area contributed by atoms with Gasteiger partial charge in [0.25, 0.3) is 0 Å². The van der Waals surface area contributed by atoms with Crippen LogP contribution in [-0.4, -0.2) is 12.8 Å². The summed E-state index contributed by atoms with van der Waals surface area (Å²) in [7, 11) is 1.75. The van der Waals surface area contributed by atoms with Gasteiger partial charge in [0.2, 0.25) is 0 Å². The molecule has 0 fully saturated rings. The Morgan fingerprint density at radius 3 is 1.07 bits per heavy atom. The molecule has 0 rings (SSSR count). The Labute approximate surface area is 97.2 Å². The molecule has 0 atom stereocenters. The molecular weight excluding hydrogens is 186 g/mol. The zero-order valence-corrected chi connectivity index (χ0v) is 12.4. The second-order valence-electron chi connectivity index (χ2n) is 2.18. The molecule has 0 aromatic rings. The minimum absolute atomic E-state index is 0.0949. The van der Waals surface area contributed by atoms with E-state index in [2.05, 4.69) is 5.32 Å². The molecule has 2 nitrogen and oxygen atoms in total. The number of allylic oxidation sites excluding steroid dienone is 2. The van der Waals surface area contributed by atoms with Crippen LogP contribution >= 0.6 is 0 Å². The first-order valence-electron chi connectivity index (χ1n) is 5.95. The number of carbonyl (C=O) groups is 1. The normalized spacial score (nSPS) is 6.27. The van der Waals surface area contributed by atoms with Crippen LogP contribution in [0, 0.1) is 0 Å². The van der Waals surface area contributed by atoms with Crippen molar-refractivity contribution in [2.75, 3.05) is 7.05 Å². The fraction of sp³-hybridized carbons (Fsp3) is 0.769. The van der Waals surface area contributed by atoms with E-state index < -0.39 is 0 Å². The molecule has 0 aliphatic rings. The monoisotopic (exact) mass is 217 g/mol. The molecule has 15 heavy (non-hydrogen) atoms. The van der Waals surface area contributed by atoms with Gasteiger partial charge in [0.05, 0.1) is 5.70 Å². The Hall–Kier alpha value is -0.790. The van der Waals surface area contributed by atoms with E-state index in [0.29, 0.717) is 0 Å². The number of Topliss-reactive ketones (excluding diaryl/α,β-unsaturated/α-hetero) is 1. The van der Waals surface area contributed by atoms with Crippen LogP contribution in [0.1, 0.15) is 62.3 Å². The molecule has 0 saturated heterocycles. The summed E-state index contributed by atoms with van der Waals surface area (Å²) in [4.78, 5) is 10.7. The van der Waals surface area contributed by atoms with Crippen molar-refractivity contribution >= 4 is 5.78 Å². The van der Waals surface area contributed by atoms with Gasteiger partial charge in [0.1, 0.15) is 0 Å². The Morgan fingerprint density at radius 1 is 0.800 bits per heavy atom. The topological polar surface area (TPSA) is 29.1 Å². The van der Waals surface area contributed by atoms with E-state index >= 15 is 0 Å². The van der Waals surface area contributed by atoms with E-state index in [9.17, 15) is 4.79 Å². The van der Waals surface area contributed by atoms with Crippen molar-refractivity contribution in [3.63, 3.8) is 0 Å². The minimum atomic E-state index is 0.0949. The van der Waals surface area contributed by atoms with Crippen molar-refractivity contribution in [3.8, 4) is 0 Å². The molecule has 1 N–H and O–H groups in total. The third kappa shape index (κ3) is 19.6. The highest BCUT2D eigenvalue weighted by molar-refractivity contribution is 5.93. The summed E-state index contributed by atoms with van der Waals surface area (Å²) in [6.45, 7) is 17.4. The molecule has 2 heteroatoms. The lowest BCUT2D eigenvalue weighted by atomic mass is 10.2. The second-order valence-corrected chi connectivity index (χ2v) is 2.18. The molecule has 0 aromatic carbocycles. The van der Waals surface area contributed by atoms with Crippen LogP contribution in [-0.2, 0) is 4.79 Å². The molecule has 0 spiro atoms. The second kappa shape index (κ2) is 23.2. The highest BCUT2D eigenvalue weighted by Gasteiger charge is 2.00. The van der Waals surface area contributed by atoms with Crippen molar-refractivity contribution in [2.24, 2.45) is 0 Å². The van der Waals surface area contributed by atoms with E-state index in [-0.39, 0.29) is 5.78 Å². The number of hydrogen-bond donors (Lipinski definition) is 1. The summed E-state index contributed by atoms with van der Waals surface area (Å²) in [5.74, 6) is 0.0949. The Balaban J connectivity index is -0.0000000860. The van der Waals surface area contributed by atoms with Crippen LogP contribution in [0.15, 0.2) is 11.3 Å². The Kier molecular flexibility index (Phi) is 36.8. The van der Waals surface area contributed by atoms with Crippen molar-refractivity contribution in [2.45, 2.75) is 62.3 Å². The summed E-state index contributed by atoms with van der Waals surface area (Å²) in [5.41, 5.74) is 1.75. The standard InChI is InChI=1S/C7H13NO.3C2H6/c1-5(2)7(8-4)6(3)9;3*1-2/h8H,1-4H3;3*1-2H3. The van der Waals surface area contributed by atoms with Crippen LogP contribution < -0.4 is 5.32 Å². The average molecular weight is 217 g/mol. The van der Waals surface area contributed by atoms with Crippen LogP contribution in [0.4, 0.5) is 0 Å². The summed E-state index contributed by atoms with van der Waals surface area (Å²) < 4.78 is 0. The average Bonchev–Trinajstić information content (AvgIpc) is 2.26. The number of likely N-dealkylation sites (N-methyl/N-ethyl adjacent to an activating group) is 1. The molecule has 0 amide bonds. The molecule has 0 bridgehead atoms. The van der Waals surface area contributed by atoms with Gasteiger partial charge in [-0.1, -0.05) is 41.5 Å². The fourth-order valence-electron chi connectivity index (χ4n) is 0.778. The molecule has 94 valence electrons. The summed E-state index contributed by atoms with van der Waals surface area (Å²) in [5, 5.41) is 2.83. The maximum absolute atomic E-state index is 10.7. The summed E-state index contributed by atoms with van der Waals surface area (Å²) >= 11 is 0. The SMILES string of the molecule is CC.CC.CC.CNC(C(C)=O)=C(C)C. The van der Waals surface area contributed by atoms with Crippen molar-refractivity contribution in [3.05, 3.63) is 11.3 Å². The molecule has 0 saturated carbocycles. The molecule has 0 heterocycles. The highest BCUT2D eigenvalue weighted by Crippen LogP contribution is 1.98. The van der Waals surface area contributed by atoms with Gasteiger partial charge in [-0.05, 0) is 19.4 Å². The van der Waals surface area contributed by atoms with Gasteiger partial charge >= 0.3 is 0 Å². The molecule has 0 aromatic heterocycles.